The topological polar surface area (TPSA) is 17.1 Å². The van der Waals surface area contributed by atoms with Crippen LogP contribution in [0.2, 0.25) is 0 Å². The lowest BCUT2D eigenvalue weighted by Crippen LogP contribution is -2.33. The van der Waals surface area contributed by atoms with Gasteiger partial charge in [0.05, 0.1) is 6.16 Å². The van der Waals surface area contributed by atoms with Crippen LogP contribution in [0.5, 0.6) is 0 Å². The fourth-order valence-corrected chi connectivity index (χ4v) is 7.79. The van der Waals surface area contributed by atoms with Crippen LogP contribution < -0.4 is 15.9 Å². The molecule has 0 spiro atoms. The number of Topliss-reactive ketones (excluding diaryl/α,β-unsaturated/α-hetero) is 1. The van der Waals surface area contributed by atoms with Crippen molar-refractivity contribution >= 4 is 29.0 Å². The summed E-state index contributed by atoms with van der Waals surface area (Å²) in [6.45, 7) is 1.69. The summed E-state index contributed by atoms with van der Waals surface area (Å²) in [7, 11) is -1.76. The molecular formula is C23H24OP+. The first-order valence-electron chi connectivity index (χ1n) is 8.78. The molecule has 0 atom stereocenters. The zero-order valence-corrected chi connectivity index (χ0v) is 15.5. The van der Waals surface area contributed by atoms with E-state index in [1.165, 1.54) is 15.9 Å². The number of carbonyl (C=O) groups excluding carboxylic acids is 1. The lowest BCUT2D eigenvalue weighted by molar-refractivity contribution is -0.117. The second kappa shape index (κ2) is 8.23. The highest BCUT2D eigenvalue weighted by molar-refractivity contribution is 7.95. The maximum atomic E-state index is 11.6. The van der Waals surface area contributed by atoms with Crippen molar-refractivity contribution < 1.29 is 4.79 Å². The quantitative estimate of drug-likeness (QED) is 0.581. The second-order valence-electron chi connectivity index (χ2n) is 6.35. The molecule has 0 saturated carbocycles. The maximum absolute atomic E-state index is 11.6. The van der Waals surface area contributed by atoms with Crippen LogP contribution in [0.15, 0.2) is 91.0 Å². The fraction of sp³-hybridized carbons (Fsp3) is 0.174. The van der Waals surface area contributed by atoms with Crippen molar-refractivity contribution in [2.75, 3.05) is 6.16 Å². The van der Waals surface area contributed by atoms with Gasteiger partial charge in [0.2, 0.25) is 0 Å². The molecule has 3 rings (SSSR count). The summed E-state index contributed by atoms with van der Waals surface area (Å²) in [6.07, 6.45) is 2.58. The van der Waals surface area contributed by atoms with Gasteiger partial charge in [-0.15, -0.1) is 0 Å². The van der Waals surface area contributed by atoms with Crippen LogP contribution in [0, 0.1) is 0 Å². The lowest BCUT2D eigenvalue weighted by atomic mass is 10.3. The lowest BCUT2D eigenvalue weighted by Gasteiger charge is -2.27. The SMILES string of the molecule is CC(=O)CCC[P+](c1ccccc1)(c1ccccc1)c1ccccc1. The highest BCUT2D eigenvalue weighted by atomic mass is 31.2. The molecule has 0 aliphatic carbocycles. The molecule has 0 amide bonds. The van der Waals surface area contributed by atoms with Crippen LogP contribution in [-0.2, 0) is 4.79 Å². The smallest absolute Gasteiger partial charge is 0.129 e. The standard InChI is InChI=1S/C23H24OP/c1-20(24)12-11-19-25(21-13-5-2-6-14-21,22-15-7-3-8-16-22)23-17-9-4-10-18-23/h2-10,13-18H,11-12,19H2,1H3/q+1. The molecule has 1 nitrogen and oxygen atoms in total. The molecule has 126 valence electrons. The van der Waals surface area contributed by atoms with Crippen molar-refractivity contribution in [3.8, 4) is 0 Å². The second-order valence-corrected chi connectivity index (χ2v) is 9.96. The number of ketones is 1. The van der Waals surface area contributed by atoms with Gasteiger partial charge < -0.3 is 4.79 Å². The van der Waals surface area contributed by atoms with Gasteiger partial charge in [-0.3, -0.25) is 0 Å². The molecule has 0 radical (unpaired) electrons. The van der Waals surface area contributed by atoms with Gasteiger partial charge >= 0.3 is 0 Å². The molecule has 0 saturated heterocycles. The van der Waals surface area contributed by atoms with Crippen LogP contribution in [0.1, 0.15) is 19.8 Å². The van der Waals surface area contributed by atoms with E-state index in [2.05, 4.69) is 91.0 Å². The Bertz CT molecular complexity index is 701. The molecule has 0 fully saturated rings. The fourth-order valence-electron chi connectivity index (χ4n) is 3.45. The molecular weight excluding hydrogens is 323 g/mol. The number of rotatable bonds is 7. The molecule has 0 N–H and O–H groups in total. The molecule has 0 unspecified atom stereocenters. The maximum Gasteiger partial charge on any atom is 0.129 e. The Kier molecular flexibility index (Phi) is 5.79. The van der Waals surface area contributed by atoms with Gasteiger partial charge in [-0.25, -0.2) is 0 Å². The van der Waals surface area contributed by atoms with Gasteiger partial charge in [0, 0.05) is 6.42 Å². The van der Waals surface area contributed by atoms with E-state index in [0.717, 1.165) is 12.6 Å². The summed E-state index contributed by atoms with van der Waals surface area (Å²) in [6, 6.07) is 32.5. The average molecular weight is 347 g/mol. The van der Waals surface area contributed by atoms with E-state index in [1.807, 2.05) is 0 Å². The summed E-state index contributed by atoms with van der Waals surface area (Å²) < 4.78 is 0. The van der Waals surface area contributed by atoms with Crippen LogP contribution in [0.3, 0.4) is 0 Å². The van der Waals surface area contributed by atoms with E-state index in [4.69, 9.17) is 0 Å². The highest BCUT2D eigenvalue weighted by Gasteiger charge is 2.44. The van der Waals surface area contributed by atoms with Gasteiger partial charge in [0.25, 0.3) is 0 Å². The number of carbonyl (C=O) groups is 1. The Morgan fingerprint density at radius 2 is 1.04 bits per heavy atom. The van der Waals surface area contributed by atoms with Crippen molar-refractivity contribution in [2.45, 2.75) is 19.8 Å². The highest BCUT2D eigenvalue weighted by Crippen LogP contribution is 2.55. The first kappa shape index (κ1) is 17.6. The van der Waals surface area contributed by atoms with E-state index < -0.39 is 7.26 Å². The summed E-state index contributed by atoms with van der Waals surface area (Å²) in [5, 5.41) is 4.16. The normalized spacial score (nSPS) is 11.2. The monoisotopic (exact) mass is 347 g/mol. The molecule has 0 aromatic heterocycles. The number of hydrogen-bond acceptors (Lipinski definition) is 1. The number of benzene rings is 3. The van der Waals surface area contributed by atoms with Crippen LogP contribution in [0.4, 0.5) is 0 Å². The third-order valence-corrected chi connectivity index (χ3v) is 9.14. The first-order chi connectivity index (χ1) is 12.2. The third kappa shape index (κ3) is 3.89. The van der Waals surface area contributed by atoms with Gasteiger partial charge in [0.15, 0.2) is 0 Å². The predicted molar refractivity (Wildman–Crippen MR) is 110 cm³/mol. The summed E-state index contributed by atoms with van der Waals surface area (Å²) in [4.78, 5) is 11.6. The molecule has 3 aromatic rings. The average Bonchev–Trinajstić information content (AvgIpc) is 2.67. The van der Waals surface area contributed by atoms with Crippen molar-refractivity contribution in [3.05, 3.63) is 91.0 Å². The van der Waals surface area contributed by atoms with E-state index in [0.29, 0.717) is 6.42 Å². The molecule has 0 bridgehead atoms. The molecule has 0 aliphatic rings. The van der Waals surface area contributed by atoms with Gasteiger partial charge in [-0.2, -0.15) is 0 Å². The summed E-state index contributed by atoms with van der Waals surface area (Å²) in [5.41, 5.74) is 0. The predicted octanol–water partition coefficient (Wildman–Crippen LogP) is 4.35. The zero-order chi connectivity index (χ0) is 17.5. The Balaban J connectivity index is 2.18. The number of hydrogen-bond donors (Lipinski definition) is 0. The molecule has 0 heterocycles. The molecule has 2 heteroatoms. The molecule has 3 aromatic carbocycles. The van der Waals surface area contributed by atoms with Gasteiger partial charge in [-0.05, 0) is 49.7 Å². The van der Waals surface area contributed by atoms with E-state index in [1.54, 1.807) is 6.92 Å². The minimum Gasteiger partial charge on any atom is -0.300 e. The summed E-state index contributed by atoms with van der Waals surface area (Å²) in [5.74, 6) is 0.271. The van der Waals surface area contributed by atoms with Crippen LogP contribution in [0.25, 0.3) is 0 Å². The van der Waals surface area contributed by atoms with Gasteiger partial charge in [-0.1, -0.05) is 54.6 Å². The van der Waals surface area contributed by atoms with Crippen molar-refractivity contribution in [1.82, 2.24) is 0 Å². The van der Waals surface area contributed by atoms with Gasteiger partial charge in [0.1, 0.15) is 29.0 Å². The Hall–Kier alpha value is -2.24. The van der Waals surface area contributed by atoms with E-state index in [9.17, 15) is 4.79 Å². The van der Waals surface area contributed by atoms with E-state index >= 15 is 0 Å². The minimum atomic E-state index is -1.76. The Labute approximate surface area is 151 Å². The summed E-state index contributed by atoms with van der Waals surface area (Å²) >= 11 is 0. The minimum absolute atomic E-state index is 0.271. The van der Waals surface area contributed by atoms with Crippen molar-refractivity contribution in [2.24, 2.45) is 0 Å². The third-order valence-electron chi connectivity index (χ3n) is 4.61. The van der Waals surface area contributed by atoms with Crippen LogP contribution >= 0.6 is 7.26 Å². The molecule has 0 aliphatic heterocycles. The van der Waals surface area contributed by atoms with E-state index in [-0.39, 0.29) is 5.78 Å². The first-order valence-corrected chi connectivity index (χ1v) is 10.8. The Morgan fingerprint density at radius 3 is 1.36 bits per heavy atom. The Morgan fingerprint density at radius 1 is 0.680 bits per heavy atom. The van der Waals surface area contributed by atoms with Crippen molar-refractivity contribution in [1.29, 1.82) is 0 Å². The van der Waals surface area contributed by atoms with Crippen LogP contribution in [-0.4, -0.2) is 11.9 Å². The largest absolute Gasteiger partial charge is 0.300 e. The van der Waals surface area contributed by atoms with Crippen molar-refractivity contribution in [3.63, 3.8) is 0 Å². The zero-order valence-electron chi connectivity index (χ0n) is 14.6. The molecule has 25 heavy (non-hydrogen) atoms.